The summed E-state index contributed by atoms with van der Waals surface area (Å²) in [5, 5.41) is 2.20. The molecule has 0 aromatic rings. The minimum atomic E-state index is 0.224. The van der Waals surface area contributed by atoms with E-state index in [0.29, 0.717) is 6.04 Å². The fourth-order valence-electron chi connectivity index (χ4n) is 1.49. The first kappa shape index (κ1) is 8.81. The van der Waals surface area contributed by atoms with Crippen molar-refractivity contribution in [2.24, 2.45) is 5.92 Å². The van der Waals surface area contributed by atoms with Crippen molar-refractivity contribution in [1.82, 2.24) is 10.4 Å². The van der Waals surface area contributed by atoms with Crippen LogP contribution in [0.4, 0.5) is 0 Å². The van der Waals surface area contributed by atoms with Gasteiger partial charge < -0.3 is 5.01 Å². The average Bonchev–Trinajstić information content (AvgIpc) is 2.77. The zero-order chi connectivity index (χ0) is 8.77. The monoisotopic (exact) mass is 278 g/mol. The fourth-order valence-corrected chi connectivity index (χ4v) is 2.56. The van der Waals surface area contributed by atoms with Crippen molar-refractivity contribution in [3.8, 4) is 0 Å². The molecule has 1 heterocycles. The van der Waals surface area contributed by atoms with Crippen molar-refractivity contribution >= 4 is 22.6 Å². The quantitative estimate of drug-likeness (QED) is 0.473. The van der Waals surface area contributed by atoms with Gasteiger partial charge in [0.25, 0.3) is 0 Å². The molecule has 1 fully saturated rings. The normalized spacial score (nSPS) is 35.2. The summed E-state index contributed by atoms with van der Waals surface area (Å²) < 4.78 is 0.224. The molecule has 68 valence electrons. The summed E-state index contributed by atoms with van der Waals surface area (Å²) in [5.41, 5.74) is 3.54. The van der Waals surface area contributed by atoms with Gasteiger partial charge in [-0.15, -0.1) is 0 Å². The van der Waals surface area contributed by atoms with E-state index in [1.54, 1.807) is 0 Å². The molecule has 12 heavy (non-hydrogen) atoms. The van der Waals surface area contributed by atoms with Crippen molar-refractivity contribution in [1.29, 1.82) is 0 Å². The van der Waals surface area contributed by atoms with Crippen LogP contribution in [-0.4, -0.2) is 14.6 Å². The predicted molar refractivity (Wildman–Crippen MR) is 58.7 cm³/mol. The Morgan fingerprint density at radius 3 is 2.67 bits per heavy atom. The Balaban J connectivity index is 2.02. The number of hydrazine groups is 1. The van der Waals surface area contributed by atoms with Gasteiger partial charge in [0.2, 0.25) is 0 Å². The van der Waals surface area contributed by atoms with Gasteiger partial charge in [-0.25, -0.2) is 5.43 Å². The van der Waals surface area contributed by atoms with Gasteiger partial charge in [0.05, 0.1) is 0 Å². The molecule has 0 bridgehead atoms. The lowest BCUT2D eigenvalue weighted by Crippen LogP contribution is -2.46. The van der Waals surface area contributed by atoms with E-state index in [9.17, 15) is 0 Å². The first-order valence-electron chi connectivity index (χ1n) is 4.56. The van der Waals surface area contributed by atoms with E-state index in [0.717, 1.165) is 5.92 Å². The molecule has 0 aromatic carbocycles. The predicted octanol–water partition coefficient (Wildman–Crippen LogP) is 2.27. The molecule has 0 amide bonds. The van der Waals surface area contributed by atoms with Gasteiger partial charge in [-0.2, -0.15) is 0 Å². The van der Waals surface area contributed by atoms with Gasteiger partial charge in [-0.3, -0.25) is 0 Å². The second-order valence-electron chi connectivity index (χ2n) is 3.97. The number of nitrogens with one attached hydrogen (secondary N) is 1. The molecule has 2 nitrogen and oxygen atoms in total. The maximum Gasteiger partial charge on any atom is 0.111 e. The molecule has 0 spiro atoms. The summed E-state index contributed by atoms with van der Waals surface area (Å²) in [5.74, 6) is 0.859. The molecule has 2 aliphatic rings. The standard InChI is InChI=1S/C9H15IN2/c1-7(2)12-6-5-9(10,11-12)8-3-4-8/h5-8,11H,3-4H2,1-2H3. The Morgan fingerprint density at radius 1 is 1.58 bits per heavy atom. The van der Waals surface area contributed by atoms with E-state index in [2.05, 4.69) is 59.1 Å². The van der Waals surface area contributed by atoms with Crippen LogP contribution in [0, 0.1) is 5.92 Å². The Kier molecular flexibility index (Phi) is 2.11. The molecule has 3 heteroatoms. The van der Waals surface area contributed by atoms with Gasteiger partial charge in [-0.05, 0) is 38.7 Å². The first-order valence-corrected chi connectivity index (χ1v) is 5.64. The van der Waals surface area contributed by atoms with Crippen LogP contribution in [0.1, 0.15) is 26.7 Å². The van der Waals surface area contributed by atoms with Crippen molar-refractivity contribution in [2.45, 2.75) is 36.3 Å². The lowest BCUT2D eigenvalue weighted by Gasteiger charge is -2.28. The fraction of sp³-hybridized carbons (Fsp3) is 0.778. The van der Waals surface area contributed by atoms with Crippen LogP contribution in [0.15, 0.2) is 12.3 Å². The molecule has 1 saturated carbocycles. The van der Waals surface area contributed by atoms with Crippen LogP contribution in [0.5, 0.6) is 0 Å². The molecule has 1 aliphatic carbocycles. The van der Waals surface area contributed by atoms with Crippen LogP contribution in [0.3, 0.4) is 0 Å². The van der Waals surface area contributed by atoms with E-state index in [-0.39, 0.29) is 3.55 Å². The topological polar surface area (TPSA) is 15.3 Å². The first-order chi connectivity index (χ1) is 5.62. The van der Waals surface area contributed by atoms with Crippen LogP contribution in [0.2, 0.25) is 0 Å². The summed E-state index contributed by atoms with van der Waals surface area (Å²) in [6.07, 6.45) is 7.24. The van der Waals surface area contributed by atoms with Crippen LogP contribution >= 0.6 is 22.6 Å². The maximum atomic E-state index is 3.54. The van der Waals surface area contributed by atoms with Crippen molar-refractivity contribution in [2.75, 3.05) is 0 Å². The largest absolute Gasteiger partial charge is 0.312 e. The average molecular weight is 278 g/mol. The minimum Gasteiger partial charge on any atom is -0.312 e. The highest BCUT2D eigenvalue weighted by Gasteiger charge is 2.44. The molecule has 1 unspecified atom stereocenters. The second kappa shape index (κ2) is 2.87. The number of hydrogen-bond donors (Lipinski definition) is 1. The minimum absolute atomic E-state index is 0.224. The summed E-state index contributed by atoms with van der Waals surface area (Å²) >= 11 is 2.53. The van der Waals surface area contributed by atoms with Gasteiger partial charge in [0, 0.05) is 12.2 Å². The van der Waals surface area contributed by atoms with Crippen molar-refractivity contribution < 1.29 is 0 Å². The van der Waals surface area contributed by atoms with E-state index in [1.165, 1.54) is 12.8 Å². The number of halogens is 1. The Hall–Kier alpha value is 0.230. The van der Waals surface area contributed by atoms with Gasteiger partial charge in [0.15, 0.2) is 0 Å². The van der Waals surface area contributed by atoms with Gasteiger partial charge >= 0.3 is 0 Å². The lowest BCUT2D eigenvalue weighted by molar-refractivity contribution is 0.212. The smallest absolute Gasteiger partial charge is 0.111 e. The van der Waals surface area contributed by atoms with E-state index in [4.69, 9.17) is 0 Å². The highest BCUT2D eigenvalue weighted by molar-refractivity contribution is 14.1. The Morgan fingerprint density at radius 2 is 2.25 bits per heavy atom. The third-order valence-electron chi connectivity index (χ3n) is 2.51. The molecular formula is C9H15IN2. The molecule has 1 atom stereocenters. The lowest BCUT2D eigenvalue weighted by atomic mass is 10.2. The Bertz CT molecular complexity index is 211. The van der Waals surface area contributed by atoms with E-state index in [1.807, 2.05) is 0 Å². The molecule has 1 aliphatic heterocycles. The molecule has 2 rings (SSSR count). The van der Waals surface area contributed by atoms with Crippen molar-refractivity contribution in [3.63, 3.8) is 0 Å². The SMILES string of the molecule is CC(C)N1C=CC(I)(C2CC2)N1. The number of alkyl halides is 1. The number of nitrogens with zero attached hydrogens (tertiary/aromatic N) is 1. The van der Waals surface area contributed by atoms with E-state index >= 15 is 0 Å². The third-order valence-corrected chi connectivity index (χ3v) is 3.99. The summed E-state index contributed by atoms with van der Waals surface area (Å²) in [6.45, 7) is 4.40. The zero-order valence-corrected chi connectivity index (χ0v) is 9.71. The van der Waals surface area contributed by atoms with Crippen LogP contribution < -0.4 is 5.43 Å². The third kappa shape index (κ3) is 1.48. The van der Waals surface area contributed by atoms with Crippen LogP contribution in [-0.2, 0) is 0 Å². The molecular weight excluding hydrogens is 263 g/mol. The Labute approximate surface area is 87.5 Å². The molecule has 0 radical (unpaired) electrons. The number of rotatable bonds is 2. The maximum absolute atomic E-state index is 3.54. The van der Waals surface area contributed by atoms with Gasteiger partial charge in [0.1, 0.15) is 3.55 Å². The molecule has 0 saturated heterocycles. The summed E-state index contributed by atoms with van der Waals surface area (Å²) in [6, 6.07) is 0.552. The number of hydrogen-bond acceptors (Lipinski definition) is 2. The highest BCUT2D eigenvalue weighted by atomic mass is 127. The molecule has 1 N–H and O–H groups in total. The summed E-state index contributed by atoms with van der Waals surface area (Å²) in [7, 11) is 0. The van der Waals surface area contributed by atoms with Crippen molar-refractivity contribution in [3.05, 3.63) is 12.3 Å². The zero-order valence-electron chi connectivity index (χ0n) is 7.55. The van der Waals surface area contributed by atoms with Gasteiger partial charge in [-0.1, -0.05) is 22.6 Å². The van der Waals surface area contributed by atoms with E-state index < -0.39 is 0 Å². The van der Waals surface area contributed by atoms with Crippen LogP contribution in [0.25, 0.3) is 0 Å². The second-order valence-corrected chi connectivity index (χ2v) is 5.76. The highest BCUT2D eigenvalue weighted by Crippen LogP contribution is 2.46. The molecule has 0 aromatic heterocycles. The summed E-state index contributed by atoms with van der Waals surface area (Å²) in [4.78, 5) is 0.